The minimum atomic E-state index is -3.72. The zero-order valence-electron chi connectivity index (χ0n) is 14.7. The molecule has 1 amide bonds. The van der Waals surface area contributed by atoms with E-state index in [1.165, 1.54) is 30.3 Å². The fraction of sp³-hybridized carbons (Fsp3) is 0. The van der Waals surface area contributed by atoms with Crippen LogP contribution in [0.25, 0.3) is 0 Å². The van der Waals surface area contributed by atoms with Crippen molar-refractivity contribution in [1.82, 2.24) is 0 Å². The van der Waals surface area contributed by atoms with Gasteiger partial charge in [-0.25, -0.2) is 8.42 Å². The summed E-state index contributed by atoms with van der Waals surface area (Å²) in [5.41, 5.74) is 7.89. The van der Waals surface area contributed by atoms with E-state index in [4.69, 9.17) is 11.1 Å². The Bertz CT molecular complexity index is 1110. The Morgan fingerprint density at radius 3 is 2.21 bits per heavy atom. The molecule has 0 heterocycles. The van der Waals surface area contributed by atoms with Crippen molar-refractivity contribution >= 4 is 39.2 Å². The van der Waals surface area contributed by atoms with Crippen LogP contribution in [0.1, 0.15) is 15.9 Å². The summed E-state index contributed by atoms with van der Waals surface area (Å²) in [5.74, 6) is -0.388. The van der Waals surface area contributed by atoms with E-state index in [-0.39, 0.29) is 10.8 Å². The summed E-state index contributed by atoms with van der Waals surface area (Å²) >= 11 is 0. The maximum absolute atomic E-state index is 12.4. The minimum absolute atomic E-state index is 0.0777. The summed E-state index contributed by atoms with van der Waals surface area (Å²) in [4.78, 5) is 12.4. The molecule has 3 rings (SSSR count). The lowest BCUT2D eigenvalue weighted by molar-refractivity contribution is 0.102. The Hall–Kier alpha value is -3.65. The zero-order valence-corrected chi connectivity index (χ0v) is 15.5. The molecule has 5 N–H and O–H groups in total. The summed E-state index contributed by atoms with van der Waals surface area (Å²) in [6.45, 7) is 0. The van der Waals surface area contributed by atoms with Crippen LogP contribution in [-0.4, -0.2) is 20.5 Å². The maximum atomic E-state index is 12.4. The highest BCUT2D eigenvalue weighted by molar-refractivity contribution is 7.92. The summed E-state index contributed by atoms with van der Waals surface area (Å²) in [5, 5.41) is 9.91. The summed E-state index contributed by atoms with van der Waals surface area (Å²) in [6, 6.07) is 19.0. The number of nitrogens with two attached hydrogens (primary N) is 1. The van der Waals surface area contributed by atoms with Gasteiger partial charge >= 0.3 is 0 Å². The first-order chi connectivity index (χ1) is 13.4. The van der Waals surface area contributed by atoms with Gasteiger partial charge in [0.1, 0.15) is 0 Å². The number of carbonyl (C=O) groups excluding carboxylic acids is 1. The first-order valence-electron chi connectivity index (χ1n) is 8.28. The van der Waals surface area contributed by atoms with Gasteiger partial charge in [0.25, 0.3) is 15.9 Å². The molecule has 0 fully saturated rings. The number of sulfonamides is 1. The summed E-state index contributed by atoms with van der Waals surface area (Å²) < 4.78 is 27.3. The van der Waals surface area contributed by atoms with Crippen molar-refractivity contribution in [2.24, 2.45) is 0 Å². The molecule has 0 radical (unpaired) electrons. The third-order valence-corrected chi connectivity index (χ3v) is 5.35. The number of nitrogens with one attached hydrogen (secondary N) is 3. The van der Waals surface area contributed by atoms with Crippen LogP contribution in [0.5, 0.6) is 0 Å². The van der Waals surface area contributed by atoms with Gasteiger partial charge in [-0.15, -0.1) is 0 Å². The largest absolute Gasteiger partial charge is 0.398 e. The number of para-hydroxylation sites is 1. The number of rotatable bonds is 6. The van der Waals surface area contributed by atoms with Crippen molar-refractivity contribution in [2.45, 2.75) is 4.90 Å². The topological polar surface area (TPSA) is 125 Å². The monoisotopic (exact) mass is 394 g/mol. The molecule has 3 aromatic rings. The molecule has 0 bridgehead atoms. The van der Waals surface area contributed by atoms with Gasteiger partial charge in [0.05, 0.1) is 4.90 Å². The lowest BCUT2D eigenvalue weighted by atomic mass is 10.1. The predicted molar refractivity (Wildman–Crippen MR) is 110 cm³/mol. The fourth-order valence-electron chi connectivity index (χ4n) is 2.49. The van der Waals surface area contributed by atoms with Crippen molar-refractivity contribution in [2.75, 3.05) is 15.8 Å². The van der Waals surface area contributed by atoms with Gasteiger partial charge in [-0.3, -0.25) is 9.52 Å². The molecule has 0 unspecified atom stereocenters. The van der Waals surface area contributed by atoms with Crippen molar-refractivity contribution in [3.63, 3.8) is 0 Å². The van der Waals surface area contributed by atoms with E-state index >= 15 is 0 Å². The van der Waals surface area contributed by atoms with Gasteiger partial charge < -0.3 is 16.5 Å². The molecule has 0 aliphatic heterocycles. The van der Waals surface area contributed by atoms with Crippen LogP contribution in [0.3, 0.4) is 0 Å². The molecular weight excluding hydrogens is 376 g/mol. The second-order valence-electron chi connectivity index (χ2n) is 5.94. The van der Waals surface area contributed by atoms with Crippen LogP contribution < -0.4 is 15.8 Å². The highest BCUT2D eigenvalue weighted by atomic mass is 32.2. The van der Waals surface area contributed by atoms with Gasteiger partial charge in [-0.1, -0.05) is 24.3 Å². The van der Waals surface area contributed by atoms with E-state index in [9.17, 15) is 13.2 Å². The number of carbonyl (C=O) groups is 1. The fourth-order valence-corrected chi connectivity index (χ4v) is 3.55. The van der Waals surface area contributed by atoms with Crippen LogP contribution in [0, 0.1) is 5.41 Å². The van der Waals surface area contributed by atoms with E-state index in [1.54, 1.807) is 42.5 Å². The Morgan fingerprint density at radius 1 is 0.929 bits per heavy atom. The van der Waals surface area contributed by atoms with E-state index < -0.39 is 10.0 Å². The molecule has 0 saturated carbocycles. The summed E-state index contributed by atoms with van der Waals surface area (Å²) in [6.07, 6.45) is 1.11. The van der Waals surface area contributed by atoms with Crippen LogP contribution in [0.4, 0.5) is 17.1 Å². The molecule has 0 aliphatic rings. The smallest absolute Gasteiger partial charge is 0.261 e. The Kier molecular flexibility index (Phi) is 5.42. The van der Waals surface area contributed by atoms with Crippen molar-refractivity contribution < 1.29 is 13.2 Å². The first kappa shape index (κ1) is 19.1. The molecule has 142 valence electrons. The van der Waals surface area contributed by atoms with Crippen LogP contribution in [0.2, 0.25) is 0 Å². The van der Waals surface area contributed by atoms with Gasteiger partial charge in [-0.2, -0.15) is 0 Å². The number of hydrogen-bond acceptors (Lipinski definition) is 5. The van der Waals surface area contributed by atoms with Crippen molar-refractivity contribution in [1.29, 1.82) is 5.41 Å². The zero-order chi connectivity index (χ0) is 20.1. The lowest BCUT2D eigenvalue weighted by Crippen LogP contribution is -2.14. The number of nitrogen functional groups attached to an aromatic ring is 1. The molecule has 0 saturated heterocycles. The minimum Gasteiger partial charge on any atom is -0.398 e. The summed E-state index contributed by atoms with van der Waals surface area (Å²) in [7, 11) is -3.72. The first-order valence-corrected chi connectivity index (χ1v) is 9.76. The van der Waals surface area contributed by atoms with E-state index in [1.807, 2.05) is 0 Å². The standard InChI is InChI=1S/C20H18N4O3S/c21-13-15-7-6-14(12-19(15)22)20(25)23-16-8-10-18(11-9-16)28(26,27)24-17-4-2-1-3-5-17/h1-13,21,24H,22H2,(H,23,25). The van der Waals surface area contributed by atoms with E-state index in [0.717, 1.165) is 6.21 Å². The second kappa shape index (κ2) is 7.93. The molecular formula is C20H18N4O3S. The van der Waals surface area contributed by atoms with E-state index in [0.29, 0.717) is 28.2 Å². The average Bonchev–Trinajstić information content (AvgIpc) is 2.68. The highest BCUT2D eigenvalue weighted by Crippen LogP contribution is 2.19. The van der Waals surface area contributed by atoms with Crippen LogP contribution in [-0.2, 0) is 10.0 Å². The molecule has 3 aromatic carbocycles. The normalized spacial score (nSPS) is 10.9. The third-order valence-electron chi connectivity index (χ3n) is 3.95. The molecule has 0 atom stereocenters. The van der Waals surface area contributed by atoms with Crippen LogP contribution in [0.15, 0.2) is 77.7 Å². The molecule has 7 nitrogen and oxygen atoms in total. The van der Waals surface area contributed by atoms with Crippen molar-refractivity contribution in [3.05, 3.63) is 83.9 Å². The maximum Gasteiger partial charge on any atom is 0.261 e. The number of amides is 1. The number of anilines is 3. The van der Waals surface area contributed by atoms with Gasteiger partial charge in [-0.05, 0) is 48.5 Å². The molecule has 0 spiro atoms. The number of hydrogen-bond donors (Lipinski definition) is 4. The number of benzene rings is 3. The lowest BCUT2D eigenvalue weighted by Gasteiger charge is -2.10. The van der Waals surface area contributed by atoms with Gasteiger partial charge in [0.2, 0.25) is 0 Å². The SMILES string of the molecule is N=Cc1ccc(C(=O)Nc2ccc(S(=O)(=O)Nc3ccccc3)cc2)cc1N. The Labute approximate surface area is 162 Å². The van der Waals surface area contributed by atoms with Crippen LogP contribution >= 0.6 is 0 Å². The third kappa shape index (κ3) is 4.36. The van der Waals surface area contributed by atoms with Crippen molar-refractivity contribution in [3.8, 4) is 0 Å². The Morgan fingerprint density at radius 2 is 1.61 bits per heavy atom. The predicted octanol–water partition coefficient (Wildman–Crippen LogP) is 3.32. The van der Waals surface area contributed by atoms with Gasteiger partial charge in [0.15, 0.2) is 0 Å². The van der Waals surface area contributed by atoms with E-state index in [2.05, 4.69) is 10.0 Å². The molecule has 8 heteroatoms. The van der Waals surface area contributed by atoms with Gasteiger partial charge in [0, 0.05) is 34.4 Å². The second-order valence-corrected chi connectivity index (χ2v) is 7.62. The molecule has 0 aromatic heterocycles. The Balaban J connectivity index is 1.73. The molecule has 0 aliphatic carbocycles. The molecule has 28 heavy (non-hydrogen) atoms. The quantitative estimate of drug-likeness (QED) is 0.378. The highest BCUT2D eigenvalue weighted by Gasteiger charge is 2.14. The average molecular weight is 394 g/mol.